The number of rotatable bonds is 7. The van der Waals surface area contributed by atoms with Gasteiger partial charge >= 0.3 is 11.8 Å². The molecule has 2 aromatic carbocycles. The number of carbonyl (C=O) groups is 1. The van der Waals surface area contributed by atoms with Gasteiger partial charge in [0, 0.05) is 19.1 Å². The maximum absolute atomic E-state index is 14.2. The molecule has 2 N–H and O–H groups in total. The molecular weight excluding hydrogens is 435 g/mol. The van der Waals surface area contributed by atoms with Gasteiger partial charge in [0.05, 0.1) is 12.7 Å². The third kappa shape index (κ3) is 3.79. The number of aromatic nitrogens is 5. The second-order valence-corrected chi connectivity index (χ2v) is 7.34. The second-order valence-electron chi connectivity index (χ2n) is 7.34. The lowest BCUT2D eigenvalue weighted by Gasteiger charge is -2.15. The molecule has 0 fully saturated rings. The van der Waals surface area contributed by atoms with Crippen LogP contribution in [0.1, 0.15) is 32.0 Å². The van der Waals surface area contributed by atoms with Gasteiger partial charge in [0.15, 0.2) is 17.6 Å². The molecule has 4 rings (SSSR count). The normalized spacial score (nSPS) is 12.2. The smallest absolute Gasteiger partial charge is 0.352 e. The lowest BCUT2D eigenvalue weighted by molar-refractivity contribution is -0.623. The number of fused-ring (bicyclic) bond motifs is 2. The molecule has 0 aliphatic heterocycles. The summed E-state index contributed by atoms with van der Waals surface area (Å²) >= 11 is 0. The van der Waals surface area contributed by atoms with Gasteiger partial charge in [0.25, 0.3) is 11.2 Å². The average Bonchev–Trinajstić information content (AvgIpc) is 3.19. The van der Waals surface area contributed by atoms with Gasteiger partial charge in [-0.15, -0.1) is 0 Å². The molecule has 0 spiro atoms. The number of hydrogen-bond donors (Lipinski definition) is 2. The minimum absolute atomic E-state index is 0.0294. The quantitative estimate of drug-likeness (QED) is 0.319. The third-order valence-corrected chi connectivity index (χ3v) is 5.23. The molecule has 4 aromatic rings. The molecule has 11 nitrogen and oxygen atoms in total. The number of carboxylic acid groups (broad SMARTS) is 1. The van der Waals surface area contributed by atoms with E-state index < -0.39 is 17.8 Å². The van der Waals surface area contributed by atoms with Gasteiger partial charge in [0.2, 0.25) is 5.52 Å². The van der Waals surface area contributed by atoms with Gasteiger partial charge in [-0.3, -0.25) is 0 Å². The molecular formula is C21H21FN6O5. The van der Waals surface area contributed by atoms with Gasteiger partial charge in [-0.1, -0.05) is 6.92 Å². The second kappa shape index (κ2) is 8.37. The highest BCUT2D eigenvalue weighted by Crippen LogP contribution is 2.25. The minimum Gasteiger partial charge on any atom is -0.710 e. The molecule has 172 valence electrons. The van der Waals surface area contributed by atoms with Crippen molar-refractivity contribution < 1.29 is 28.5 Å². The highest BCUT2D eigenvalue weighted by Gasteiger charge is 2.26. The van der Waals surface area contributed by atoms with Gasteiger partial charge in [-0.05, 0) is 25.5 Å². The Hall–Kier alpha value is -4.22. The number of nitrogens with zero attached hydrogens (tertiary/aromatic N) is 5. The van der Waals surface area contributed by atoms with E-state index in [0.717, 1.165) is 10.9 Å². The molecule has 33 heavy (non-hydrogen) atoms. The molecule has 0 aliphatic rings. The van der Waals surface area contributed by atoms with Crippen molar-refractivity contribution in [2.75, 3.05) is 11.9 Å². The van der Waals surface area contributed by atoms with Crippen LogP contribution in [0.3, 0.4) is 0 Å². The molecule has 0 saturated carbocycles. The van der Waals surface area contributed by atoms with Crippen LogP contribution in [0.2, 0.25) is 0 Å². The summed E-state index contributed by atoms with van der Waals surface area (Å²) in [6, 6.07) is 6.08. The summed E-state index contributed by atoms with van der Waals surface area (Å²) in [7, 11) is 0. The molecule has 0 radical (unpaired) electrons. The highest BCUT2D eigenvalue weighted by molar-refractivity contribution is 5.80. The van der Waals surface area contributed by atoms with Crippen molar-refractivity contribution in [2.24, 2.45) is 0 Å². The van der Waals surface area contributed by atoms with Gasteiger partial charge in [-0.2, -0.15) is 19.7 Å². The van der Waals surface area contributed by atoms with Crippen LogP contribution < -0.4 is 19.5 Å². The van der Waals surface area contributed by atoms with E-state index in [4.69, 9.17) is 4.74 Å². The van der Waals surface area contributed by atoms with Crippen molar-refractivity contribution >= 4 is 39.5 Å². The predicted molar refractivity (Wildman–Crippen MR) is 116 cm³/mol. The van der Waals surface area contributed by atoms with Crippen molar-refractivity contribution in [3.63, 3.8) is 0 Å². The van der Waals surface area contributed by atoms with E-state index in [0.29, 0.717) is 32.6 Å². The zero-order valence-corrected chi connectivity index (χ0v) is 18.1. The first-order valence-corrected chi connectivity index (χ1v) is 10.2. The molecule has 2 heterocycles. The summed E-state index contributed by atoms with van der Waals surface area (Å²) < 4.78 is 20.4. The van der Waals surface area contributed by atoms with Gasteiger partial charge < -0.3 is 20.3 Å². The molecule has 0 amide bonds. The van der Waals surface area contributed by atoms with Crippen molar-refractivity contribution in [1.29, 1.82) is 0 Å². The SMILES string of the molecule is CCOc1cc2c(cc1F)[n+]([O-])c(C)c(Nc1ccc3nn(C(CC)C(=O)O)nc3c1)[n+]2[O-]. The molecule has 2 aromatic heterocycles. The number of halogens is 1. The molecule has 0 aliphatic carbocycles. The lowest BCUT2D eigenvalue weighted by Crippen LogP contribution is -2.43. The maximum Gasteiger partial charge on any atom is 0.352 e. The number of ether oxygens (including phenoxy) is 1. The standard InChI is InChI=1S/C21H21FN6O5/c1-4-16(21(29)30)28-24-14-7-6-12(8-15(14)25-28)23-20-11(3)26(31)17-9-13(22)19(33-5-2)10-18(17)27(20)32/h6-10,16,23H,4-5H2,1-3H3,(H,29,30). The van der Waals surface area contributed by atoms with Gasteiger partial charge in [0.1, 0.15) is 16.7 Å². The van der Waals surface area contributed by atoms with Crippen molar-refractivity contribution in [3.8, 4) is 5.75 Å². The van der Waals surface area contributed by atoms with E-state index in [-0.39, 0.29) is 34.9 Å². The number of nitrogens with one attached hydrogen (secondary N) is 1. The monoisotopic (exact) mass is 456 g/mol. The number of benzene rings is 2. The Morgan fingerprint density at radius 2 is 1.88 bits per heavy atom. The Morgan fingerprint density at radius 3 is 2.55 bits per heavy atom. The number of hydrogen-bond acceptors (Lipinski definition) is 7. The first kappa shape index (κ1) is 22.0. The lowest BCUT2D eigenvalue weighted by atomic mass is 10.2. The number of aliphatic carboxylic acids is 1. The zero-order valence-electron chi connectivity index (χ0n) is 18.1. The predicted octanol–water partition coefficient (Wildman–Crippen LogP) is 2.48. The van der Waals surface area contributed by atoms with Crippen LogP contribution in [0.25, 0.3) is 22.1 Å². The van der Waals surface area contributed by atoms with Crippen molar-refractivity contribution in [1.82, 2.24) is 15.0 Å². The summed E-state index contributed by atoms with van der Waals surface area (Å²) in [6.07, 6.45) is 0.307. The minimum atomic E-state index is -1.04. The molecule has 1 unspecified atom stereocenters. The Balaban J connectivity index is 1.78. The highest BCUT2D eigenvalue weighted by atomic mass is 19.1. The largest absolute Gasteiger partial charge is 0.710 e. The van der Waals surface area contributed by atoms with E-state index >= 15 is 0 Å². The van der Waals surface area contributed by atoms with Crippen molar-refractivity contribution in [2.45, 2.75) is 33.2 Å². The summed E-state index contributed by atoms with van der Waals surface area (Å²) in [5.74, 6) is -1.98. The van der Waals surface area contributed by atoms with Crippen LogP contribution in [0.4, 0.5) is 15.9 Å². The fourth-order valence-electron chi connectivity index (χ4n) is 3.53. The van der Waals surface area contributed by atoms with Crippen LogP contribution in [-0.2, 0) is 4.79 Å². The topological polar surface area (TPSA) is 143 Å². The van der Waals surface area contributed by atoms with Crippen LogP contribution in [0.15, 0.2) is 30.3 Å². The van der Waals surface area contributed by atoms with Crippen LogP contribution in [0, 0.1) is 23.2 Å². The Kier molecular flexibility index (Phi) is 5.58. The molecule has 12 heteroatoms. The number of carboxylic acids is 1. The summed E-state index contributed by atoms with van der Waals surface area (Å²) in [6.45, 7) is 5.02. The van der Waals surface area contributed by atoms with E-state index in [1.165, 1.54) is 13.0 Å². The van der Waals surface area contributed by atoms with E-state index in [9.17, 15) is 24.7 Å². The summed E-state index contributed by atoms with van der Waals surface area (Å²) in [5.41, 5.74) is 1.14. The Bertz CT molecular complexity index is 1390. The maximum atomic E-state index is 14.2. The fraction of sp³-hybridized carbons (Fsp3) is 0.286. The summed E-state index contributed by atoms with van der Waals surface area (Å²) in [4.78, 5) is 12.5. The van der Waals surface area contributed by atoms with Gasteiger partial charge in [-0.25, -0.2) is 19.2 Å². The summed E-state index contributed by atoms with van der Waals surface area (Å²) in [5, 5.41) is 46.5. The molecule has 0 bridgehead atoms. The Labute approximate surface area is 186 Å². The van der Waals surface area contributed by atoms with Crippen molar-refractivity contribution in [3.05, 3.63) is 52.3 Å². The van der Waals surface area contributed by atoms with Crippen LogP contribution in [0.5, 0.6) is 5.75 Å². The average molecular weight is 456 g/mol. The van der Waals surface area contributed by atoms with Crippen LogP contribution >= 0.6 is 0 Å². The zero-order chi connectivity index (χ0) is 23.9. The number of anilines is 2. The van der Waals surface area contributed by atoms with Crippen LogP contribution in [-0.4, -0.2) is 32.7 Å². The molecule has 0 saturated heterocycles. The molecule has 1 atom stereocenters. The van der Waals surface area contributed by atoms with E-state index in [2.05, 4.69) is 15.5 Å². The van der Waals surface area contributed by atoms with E-state index in [1.54, 1.807) is 32.0 Å². The van der Waals surface area contributed by atoms with E-state index in [1.807, 2.05) is 0 Å². The first-order valence-electron chi connectivity index (χ1n) is 10.2. The third-order valence-electron chi connectivity index (χ3n) is 5.23. The Morgan fingerprint density at radius 1 is 1.18 bits per heavy atom. The fourth-order valence-corrected chi connectivity index (χ4v) is 3.53. The first-order chi connectivity index (χ1) is 15.7.